The van der Waals surface area contributed by atoms with Crippen molar-refractivity contribution in [1.82, 2.24) is 4.90 Å². The van der Waals surface area contributed by atoms with Gasteiger partial charge < -0.3 is 15.1 Å². The number of hydrogen-bond donors (Lipinski definition) is 1. The van der Waals surface area contributed by atoms with Crippen molar-refractivity contribution in [3.05, 3.63) is 27.3 Å². The Morgan fingerprint density at radius 3 is 2.48 bits per heavy atom. The number of rotatable bonds is 5. The Hall–Kier alpha value is -1.86. The van der Waals surface area contributed by atoms with E-state index in [4.69, 9.17) is 11.6 Å². The molecule has 8 heteroatoms. The second-order valence-corrected chi connectivity index (χ2v) is 5.81. The Balaban J connectivity index is 2.33. The van der Waals surface area contributed by atoms with E-state index in [0.717, 1.165) is 19.6 Å². The summed E-state index contributed by atoms with van der Waals surface area (Å²) < 4.78 is 0. The molecular formula is C15H21ClN4O3. The highest BCUT2D eigenvalue weighted by Crippen LogP contribution is 2.37. The van der Waals surface area contributed by atoms with E-state index in [1.54, 1.807) is 13.0 Å². The van der Waals surface area contributed by atoms with Crippen LogP contribution in [0.3, 0.4) is 0 Å². The molecule has 1 fully saturated rings. The predicted octanol–water partition coefficient (Wildman–Crippen LogP) is 2.74. The van der Waals surface area contributed by atoms with Crippen LogP contribution in [0.4, 0.5) is 17.1 Å². The van der Waals surface area contributed by atoms with Gasteiger partial charge in [-0.2, -0.15) is 0 Å². The minimum absolute atomic E-state index is 0.0329. The quantitative estimate of drug-likeness (QED) is 0.658. The zero-order chi connectivity index (χ0) is 17.0. The van der Waals surface area contributed by atoms with Gasteiger partial charge in [0.2, 0.25) is 5.91 Å². The number of nitrogens with zero attached hydrogens (tertiary/aromatic N) is 3. The molecule has 23 heavy (non-hydrogen) atoms. The minimum Gasteiger partial charge on any atom is -0.363 e. The number of piperazine rings is 1. The molecule has 1 saturated heterocycles. The van der Waals surface area contributed by atoms with Crippen molar-refractivity contribution in [2.24, 2.45) is 0 Å². The van der Waals surface area contributed by atoms with E-state index in [1.807, 2.05) is 4.90 Å². The Bertz CT molecular complexity index is 601. The fourth-order valence-corrected chi connectivity index (χ4v) is 2.80. The zero-order valence-corrected chi connectivity index (χ0v) is 14.1. The van der Waals surface area contributed by atoms with Crippen LogP contribution < -0.4 is 10.2 Å². The summed E-state index contributed by atoms with van der Waals surface area (Å²) in [6.45, 7) is 7.92. The highest BCUT2D eigenvalue weighted by Gasteiger charge is 2.25. The molecule has 1 amide bonds. The Morgan fingerprint density at radius 2 is 1.96 bits per heavy atom. The van der Waals surface area contributed by atoms with Gasteiger partial charge in [0.1, 0.15) is 5.69 Å². The molecule has 1 N–H and O–H groups in total. The first-order valence-corrected chi connectivity index (χ1v) is 8.09. The Morgan fingerprint density at radius 1 is 1.30 bits per heavy atom. The van der Waals surface area contributed by atoms with Crippen molar-refractivity contribution >= 4 is 34.6 Å². The lowest BCUT2D eigenvalue weighted by molar-refractivity contribution is -0.384. The number of anilines is 2. The van der Waals surface area contributed by atoms with Crippen molar-refractivity contribution in [3.8, 4) is 0 Å². The van der Waals surface area contributed by atoms with Gasteiger partial charge in [-0.05, 0) is 12.6 Å². The number of amides is 1. The molecule has 0 aromatic heterocycles. The standard InChI is InChI=1S/C15H21ClN4O3/c1-3-15(21)17-12-10-13(14(20(22)23)9-11(12)16)19-7-5-18(4-2)6-8-19/h9-10H,3-8H2,1-2H3,(H,17,21). The third-order valence-corrected chi connectivity index (χ3v) is 4.33. The maximum absolute atomic E-state index is 11.6. The first kappa shape index (κ1) is 17.5. The van der Waals surface area contributed by atoms with Crippen LogP contribution in [-0.4, -0.2) is 48.5 Å². The molecule has 0 spiro atoms. The van der Waals surface area contributed by atoms with Gasteiger partial charge in [-0.1, -0.05) is 25.4 Å². The van der Waals surface area contributed by atoms with Crippen LogP contribution >= 0.6 is 11.6 Å². The fraction of sp³-hybridized carbons (Fsp3) is 0.533. The molecule has 0 saturated carbocycles. The highest BCUT2D eigenvalue weighted by molar-refractivity contribution is 6.34. The Labute approximate surface area is 140 Å². The van der Waals surface area contributed by atoms with E-state index < -0.39 is 4.92 Å². The average molecular weight is 341 g/mol. The second-order valence-electron chi connectivity index (χ2n) is 5.40. The van der Waals surface area contributed by atoms with Crippen molar-refractivity contribution in [3.63, 3.8) is 0 Å². The molecule has 1 aromatic carbocycles. The van der Waals surface area contributed by atoms with Crippen LogP contribution in [0.25, 0.3) is 0 Å². The number of nitro groups is 1. The maximum Gasteiger partial charge on any atom is 0.294 e. The van der Waals surface area contributed by atoms with Crippen LogP contribution in [0.1, 0.15) is 20.3 Å². The topological polar surface area (TPSA) is 78.7 Å². The molecule has 0 aliphatic carbocycles. The minimum atomic E-state index is -0.432. The van der Waals surface area contributed by atoms with Crippen LogP contribution in [-0.2, 0) is 4.79 Å². The zero-order valence-electron chi connectivity index (χ0n) is 13.3. The molecular weight excluding hydrogens is 320 g/mol. The number of halogens is 1. The number of likely N-dealkylation sites (N-methyl/N-ethyl adjacent to an activating group) is 1. The van der Waals surface area contributed by atoms with Gasteiger partial charge in [-0.25, -0.2) is 0 Å². The van der Waals surface area contributed by atoms with Gasteiger partial charge in [0.25, 0.3) is 5.69 Å². The second kappa shape index (κ2) is 7.61. The summed E-state index contributed by atoms with van der Waals surface area (Å²) in [6.07, 6.45) is 0.317. The summed E-state index contributed by atoms with van der Waals surface area (Å²) in [6, 6.07) is 2.92. The van der Waals surface area contributed by atoms with Gasteiger partial charge >= 0.3 is 0 Å². The molecule has 126 valence electrons. The number of carbonyl (C=O) groups is 1. The summed E-state index contributed by atoms with van der Waals surface area (Å²) in [5, 5.41) is 14.2. The largest absolute Gasteiger partial charge is 0.363 e. The molecule has 1 heterocycles. The van der Waals surface area contributed by atoms with E-state index in [9.17, 15) is 14.9 Å². The number of nitro benzene ring substituents is 1. The lowest BCUT2D eigenvalue weighted by Gasteiger charge is -2.35. The highest BCUT2D eigenvalue weighted by atomic mass is 35.5. The van der Waals surface area contributed by atoms with Gasteiger partial charge in [0, 0.05) is 38.7 Å². The van der Waals surface area contributed by atoms with Crippen LogP contribution in [0.2, 0.25) is 5.02 Å². The molecule has 1 aromatic rings. The van der Waals surface area contributed by atoms with Gasteiger partial charge in [0.05, 0.1) is 15.6 Å². The molecule has 0 radical (unpaired) electrons. The maximum atomic E-state index is 11.6. The summed E-state index contributed by atoms with van der Waals surface area (Å²) >= 11 is 6.09. The first-order valence-electron chi connectivity index (χ1n) is 7.71. The first-order chi connectivity index (χ1) is 11.0. The third-order valence-electron chi connectivity index (χ3n) is 4.02. The predicted molar refractivity (Wildman–Crippen MR) is 91.4 cm³/mol. The number of carbonyl (C=O) groups excluding carboxylic acids is 1. The third kappa shape index (κ3) is 4.11. The van der Waals surface area contributed by atoms with E-state index in [-0.39, 0.29) is 16.6 Å². The SMILES string of the molecule is CCC(=O)Nc1cc(N2CCN(CC)CC2)c([N+](=O)[O-])cc1Cl. The average Bonchev–Trinajstić information content (AvgIpc) is 2.56. The molecule has 7 nitrogen and oxygen atoms in total. The van der Waals surface area contributed by atoms with E-state index >= 15 is 0 Å². The molecule has 0 bridgehead atoms. The van der Waals surface area contributed by atoms with Crippen LogP contribution in [0.15, 0.2) is 12.1 Å². The van der Waals surface area contributed by atoms with Crippen molar-refractivity contribution < 1.29 is 9.72 Å². The van der Waals surface area contributed by atoms with Crippen molar-refractivity contribution in [2.45, 2.75) is 20.3 Å². The molecule has 1 aliphatic rings. The smallest absolute Gasteiger partial charge is 0.294 e. The number of benzene rings is 1. The lowest BCUT2D eigenvalue weighted by atomic mass is 10.2. The summed E-state index contributed by atoms with van der Waals surface area (Å²) in [5.41, 5.74) is 0.882. The van der Waals surface area contributed by atoms with Crippen LogP contribution in [0, 0.1) is 10.1 Å². The summed E-state index contributed by atoms with van der Waals surface area (Å²) in [5.74, 6) is -0.178. The van der Waals surface area contributed by atoms with Crippen LogP contribution in [0.5, 0.6) is 0 Å². The lowest BCUT2D eigenvalue weighted by Crippen LogP contribution is -2.46. The fourth-order valence-electron chi connectivity index (χ4n) is 2.59. The number of hydrogen-bond acceptors (Lipinski definition) is 5. The van der Waals surface area contributed by atoms with E-state index in [1.165, 1.54) is 6.07 Å². The summed E-state index contributed by atoms with van der Waals surface area (Å²) in [4.78, 5) is 26.8. The molecule has 0 atom stereocenters. The normalized spacial score (nSPS) is 15.5. The van der Waals surface area contributed by atoms with Crippen molar-refractivity contribution in [2.75, 3.05) is 42.9 Å². The number of nitrogens with one attached hydrogen (secondary N) is 1. The van der Waals surface area contributed by atoms with Gasteiger partial charge in [-0.15, -0.1) is 0 Å². The molecule has 0 unspecified atom stereocenters. The Kier molecular flexibility index (Phi) is 5.79. The van der Waals surface area contributed by atoms with E-state index in [0.29, 0.717) is 30.9 Å². The van der Waals surface area contributed by atoms with Gasteiger partial charge in [0.15, 0.2) is 0 Å². The molecule has 2 rings (SSSR count). The summed E-state index contributed by atoms with van der Waals surface area (Å²) in [7, 11) is 0. The van der Waals surface area contributed by atoms with Crippen molar-refractivity contribution in [1.29, 1.82) is 0 Å². The monoisotopic (exact) mass is 340 g/mol. The molecule has 1 aliphatic heterocycles. The van der Waals surface area contributed by atoms with E-state index in [2.05, 4.69) is 17.1 Å². The van der Waals surface area contributed by atoms with Gasteiger partial charge in [-0.3, -0.25) is 14.9 Å².